The molecule has 0 spiro atoms. The number of fused-ring (bicyclic) bond motifs is 1. The maximum absolute atomic E-state index is 12.5. The molecule has 0 bridgehead atoms. The van der Waals surface area contributed by atoms with Crippen molar-refractivity contribution in [2.24, 2.45) is 0 Å². The van der Waals surface area contributed by atoms with Crippen LogP contribution in [0.3, 0.4) is 0 Å². The molecule has 7 heteroatoms. The number of hydrogen-bond acceptors (Lipinski definition) is 6. The molecule has 0 saturated carbocycles. The Hall–Kier alpha value is -2.35. The largest absolute Gasteiger partial charge is 0.431 e. The van der Waals surface area contributed by atoms with Gasteiger partial charge in [-0.25, -0.2) is 4.98 Å². The van der Waals surface area contributed by atoms with Gasteiger partial charge in [0, 0.05) is 31.0 Å². The molecule has 1 saturated heterocycles. The molecule has 1 aliphatic rings. The van der Waals surface area contributed by atoms with Crippen LogP contribution in [0.1, 0.15) is 27.9 Å². The van der Waals surface area contributed by atoms with Gasteiger partial charge >= 0.3 is 0 Å². The van der Waals surface area contributed by atoms with Gasteiger partial charge < -0.3 is 14.5 Å². The number of aromatic nitrogens is 1. The van der Waals surface area contributed by atoms with Crippen LogP contribution in [0.2, 0.25) is 0 Å². The third-order valence-electron chi connectivity index (χ3n) is 5.19. The average Bonchev–Trinajstić information content (AvgIpc) is 3.21. The van der Waals surface area contributed by atoms with E-state index in [1.165, 1.54) is 0 Å². The van der Waals surface area contributed by atoms with Gasteiger partial charge in [-0.05, 0) is 49.2 Å². The number of nitrogens with zero attached hydrogens (tertiary/aromatic N) is 2. The molecular formula is C23H27N3O3S. The fourth-order valence-corrected chi connectivity index (χ4v) is 4.28. The lowest BCUT2D eigenvalue weighted by Gasteiger charge is -2.26. The Morgan fingerprint density at radius 3 is 2.87 bits per heavy atom. The molecule has 4 rings (SSSR count). The van der Waals surface area contributed by atoms with Crippen molar-refractivity contribution in [2.45, 2.75) is 24.3 Å². The summed E-state index contributed by atoms with van der Waals surface area (Å²) in [6, 6.07) is 13.7. The number of oxazole rings is 1. The highest BCUT2D eigenvalue weighted by molar-refractivity contribution is 7.98. The van der Waals surface area contributed by atoms with Crippen molar-refractivity contribution < 1.29 is 13.9 Å². The molecule has 0 atom stereocenters. The van der Waals surface area contributed by atoms with Gasteiger partial charge in [0.05, 0.1) is 13.2 Å². The first kappa shape index (κ1) is 20.9. The van der Waals surface area contributed by atoms with Crippen LogP contribution in [0.4, 0.5) is 0 Å². The molecule has 1 N–H and O–H groups in total. The van der Waals surface area contributed by atoms with E-state index in [2.05, 4.69) is 15.2 Å². The minimum atomic E-state index is -0.0266. The van der Waals surface area contributed by atoms with Crippen molar-refractivity contribution >= 4 is 28.8 Å². The molecule has 0 aliphatic carbocycles. The van der Waals surface area contributed by atoms with Crippen molar-refractivity contribution in [3.63, 3.8) is 0 Å². The van der Waals surface area contributed by atoms with E-state index in [0.717, 1.165) is 61.5 Å². The van der Waals surface area contributed by atoms with Gasteiger partial charge in [-0.1, -0.05) is 36.0 Å². The van der Waals surface area contributed by atoms with Gasteiger partial charge in [-0.2, -0.15) is 0 Å². The SMILES string of the molecule is Cc1cccc2oc(SCc3cccc(C(=O)NCCCN4CCOCC4)c3)nc12. The van der Waals surface area contributed by atoms with Gasteiger partial charge in [0.2, 0.25) is 0 Å². The number of aryl methyl sites for hydroxylation is 1. The molecule has 1 fully saturated rings. The number of carbonyl (C=O) groups excluding carboxylic acids is 1. The lowest BCUT2D eigenvalue weighted by Crippen LogP contribution is -2.38. The van der Waals surface area contributed by atoms with Crippen molar-refractivity contribution in [2.75, 3.05) is 39.4 Å². The fraction of sp³-hybridized carbons (Fsp3) is 0.391. The van der Waals surface area contributed by atoms with Crippen molar-refractivity contribution in [3.05, 3.63) is 59.2 Å². The van der Waals surface area contributed by atoms with Crippen LogP contribution in [-0.2, 0) is 10.5 Å². The molecule has 158 valence electrons. The van der Waals surface area contributed by atoms with Crippen LogP contribution >= 0.6 is 11.8 Å². The maximum Gasteiger partial charge on any atom is 0.257 e. The summed E-state index contributed by atoms with van der Waals surface area (Å²) in [5, 5.41) is 3.68. The summed E-state index contributed by atoms with van der Waals surface area (Å²) >= 11 is 1.54. The van der Waals surface area contributed by atoms with Gasteiger partial charge in [0.1, 0.15) is 5.52 Å². The van der Waals surface area contributed by atoms with Crippen molar-refractivity contribution in [1.29, 1.82) is 0 Å². The Labute approximate surface area is 181 Å². The molecule has 2 heterocycles. The van der Waals surface area contributed by atoms with Crippen molar-refractivity contribution in [3.8, 4) is 0 Å². The lowest BCUT2D eigenvalue weighted by molar-refractivity contribution is 0.0374. The minimum absolute atomic E-state index is 0.0266. The molecule has 0 unspecified atom stereocenters. The summed E-state index contributed by atoms with van der Waals surface area (Å²) in [5.41, 5.74) is 4.58. The normalized spacial score (nSPS) is 14.8. The van der Waals surface area contributed by atoms with Crippen LogP contribution in [0.5, 0.6) is 0 Å². The number of nitrogens with one attached hydrogen (secondary N) is 1. The third-order valence-corrected chi connectivity index (χ3v) is 6.09. The molecule has 3 aromatic rings. The summed E-state index contributed by atoms with van der Waals surface area (Å²) in [4.78, 5) is 19.4. The van der Waals surface area contributed by atoms with E-state index in [0.29, 0.717) is 23.1 Å². The molecule has 1 amide bonds. The van der Waals surface area contributed by atoms with Crippen LogP contribution in [-0.4, -0.2) is 55.2 Å². The van der Waals surface area contributed by atoms with Crippen LogP contribution < -0.4 is 5.32 Å². The zero-order chi connectivity index (χ0) is 20.8. The minimum Gasteiger partial charge on any atom is -0.431 e. The van der Waals surface area contributed by atoms with Crippen LogP contribution in [0, 0.1) is 6.92 Å². The maximum atomic E-state index is 12.5. The van der Waals surface area contributed by atoms with Gasteiger partial charge in [0.25, 0.3) is 11.1 Å². The number of hydrogen-bond donors (Lipinski definition) is 1. The van der Waals surface area contributed by atoms with E-state index in [-0.39, 0.29) is 5.91 Å². The van der Waals surface area contributed by atoms with Crippen LogP contribution in [0.25, 0.3) is 11.1 Å². The first-order valence-electron chi connectivity index (χ1n) is 10.4. The van der Waals surface area contributed by atoms with Gasteiger partial charge in [0.15, 0.2) is 5.58 Å². The number of amides is 1. The van der Waals surface area contributed by atoms with E-state index in [4.69, 9.17) is 9.15 Å². The Morgan fingerprint density at radius 1 is 1.20 bits per heavy atom. The summed E-state index contributed by atoms with van der Waals surface area (Å²) in [6.07, 6.45) is 0.943. The van der Waals surface area contributed by atoms with Gasteiger partial charge in [-0.3, -0.25) is 9.69 Å². The highest BCUT2D eigenvalue weighted by Gasteiger charge is 2.12. The number of morpholine rings is 1. The molecule has 0 radical (unpaired) electrons. The predicted octanol–water partition coefficient (Wildman–Crippen LogP) is 3.88. The molecule has 6 nitrogen and oxygen atoms in total. The fourth-order valence-electron chi connectivity index (χ4n) is 3.51. The molecule has 2 aromatic carbocycles. The second-order valence-electron chi connectivity index (χ2n) is 7.45. The standard InChI is InChI=1S/C23H27N3O3S/c1-17-5-2-8-20-21(17)25-23(29-20)30-16-18-6-3-7-19(15-18)22(27)24-9-4-10-26-11-13-28-14-12-26/h2-3,5-8,15H,4,9-14,16H2,1H3,(H,24,27). The molecule has 1 aliphatic heterocycles. The van der Waals surface area contributed by atoms with E-state index in [9.17, 15) is 4.79 Å². The van der Waals surface area contributed by atoms with E-state index in [1.807, 2.05) is 49.4 Å². The lowest BCUT2D eigenvalue weighted by atomic mass is 10.1. The Morgan fingerprint density at radius 2 is 2.03 bits per heavy atom. The highest BCUT2D eigenvalue weighted by atomic mass is 32.2. The number of carbonyl (C=O) groups is 1. The summed E-state index contributed by atoms with van der Waals surface area (Å²) in [6.45, 7) is 7.27. The predicted molar refractivity (Wildman–Crippen MR) is 119 cm³/mol. The van der Waals surface area contributed by atoms with Crippen LogP contribution in [0.15, 0.2) is 52.1 Å². The summed E-state index contributed by atoms with van der Waals surface area (Å²) in [7, 11) is 0. The summed E-state index contributed by atoms with van der Waals surface area (Å²) < 4.78 is 11.2. The highest BCUT2D eigenvalue weighted by Crippen LogP contribution is 2.27. The van der Waals surface area contributed by atoms with E-state index in [1.54, 1.807) is 11.8 Å². The van der Waals surface area contributed by atoms with E-state index < -0.39 is 0 Å². The number of benzene rings is 2. The first-order chi connectivity index (χ1) is 14.7. The third kappa shape index (κ3) is 5.41. The number of thioether (sulfide) groups is 1. The average molecular weight is 426 g/mol. The van der Waals surface area contributed by atoms with E-state index >= 15 is 0 Å². The quantitative estimate of drug-likeness (QED) is 0.436. The molecular weight excluding hydrogens is 398 g/mol. The Kier molecular flexibility index (Phi) is 7.04. The van der Waals surface area contributed by atoms with Gasteiger partial charge in [-0.15, -0.1) is 0 Å². The zero-order valence-electron chi connectivity index (χ0n) is 17.2. The summed E-state index contributed by atoms with van der Waals surface area (Å²) in [5.74, 6) is 0.672. The second-order valence-corrected chi connectivity index (χ2v) is 8.38. The topological polar surface area (TPSA) is 67.6 Å². The zero-order valence-corrected chi connectivity index (χ0v) is 18.0. The second kappa shape index (κ2) is 10.1. The number of ether oxygens (including phenoxy) is 1. The molecule has 1 aromatic heterocycles. The van der Waals surface area contributed by atoms with Crippen molar-refractivity contribution in [1.82, 2.24) is 15.2 Å². The number of para-hydroxylation sites is 1. The molecule has 30 heavy (non-hydrogen) atoms. The Bertz CT molecular complexity index is 998. The smallest absolute Gasteiger partial charge is 0.257 e. The first-order valence-corrected chi connectivity index (χ1v) is 11.3. The number of rotatable bonds is 8. The Balaban J connectivity index is 1.27. The monoisotopic (exact) mass is 425 g/mol.